The van der Waals surface area contributed by atoms with Gasteiger partial charge in [0.05, 0.1) is 36.3 Å². The highest BCUT2D eigenvalue weighted by atomic mass is 79.9. The summed E-state index contributed by atoms with van der Waals surface area (Å²) in [6, 6.07) is 7.88. The topological polar surface area (TPSA) is 116 Å². The van der Waals surface area contributed by atoms with Crippen molar-refractivity contribution in [2.75, 3.05) is 13.2 Å². The molecule has 1 saturated heterocycles. The molecule has 0 radical (unpaired) electrons. The van der Waals surface area contributed by atoms with E-state index in [0.717, 1.165) is 0 Å². The number of benzene rings is 1. The Morgan fingerprint density at radius 2 is 2.11 bits per heavy atom. The van der Waals surface area contributed by atoms with Gasteiger partial charge in [0, 0.05) is 10.5 Å². The second-order valence-corrected chi connectivity index (χ2v) is 6.84. The summed E-state index contributed by atoms with van der Waals surface area (Å²) < 4.78 is 16.9. The predicted octanol–water partition coefficient (Wildman–Crippen LogP) is 3.22. The summed E-state index contributed by atoms with van der Waals surface area (Å²) in [6.45, 7) is 2.59. The number of hydrazone groups is 1. The van der Waals surface area contributed by atoms with Crippen LogP contribution in [0.3, 0.4) is 0 Å². The number of halogens is 1. The van der Waals surface area contributed by atoms with Crippen molar-refractivity contribution in [3.05, 3.63) is 50.7 Å². The first-order chi connectivity index (χ1) is 12.9. The molecule has 1 fully saturated rings. The lowest BCUT2D eigenvalue weighted by Crippen LogP contribution is -2.33. The van der Waals surface area contributed by atoms with E-state index < -0.39 is 10.7 Å². The number of hydrogen-bond acceptors (Lipinski definition) is 7. The van der Waals surface area contributed by atoms with Crippen LogP contribution in [0.1, 0.15) is 19.1 Å². The maximum Gasteiger partial charge on any atom is 0.281 e. The van der Waals surface area contributed by atoms with E-state index >= 15 is 0 Å². The number of rotatable bonds is 6. The molecule has 3 rings (SSSR count). The molecule has 2 aromatic rings. The van der Waals surface area contributed by atoms with Crippen LogP contribution in [-0.4, -0.2) is 36.0 Å². The van der Waals surface area contributed by atoms with Gasteiger partial charge in [-0.2, -0.15) is 5.10 Å². The molecule has 0 spiro atoms. The van der Waals surface area contributed by atoms with Gasteiger partial charge in [-0.05, 0) is 31.2 Å². The third kappa shape index (κ3) is 4.79. The van der Waals surface area contributed by atoms with E-state index in [4.69, 9.17) is 13.9 Å². The molecule has 1 N–H and O–H groups in total. The zero-order chi connectivity index (χ0) is 19.4. The average molecular weight is 438 g/mol. The average Bonchev–Trinajstić information content (AvgIpc) is 3.24. The lowest BCUT2D eigenvalue weighted by atomic mass is 10.1. The molecule has 1 aliphatic rings. The largest absolute Gasteiger partial charge is 0.455 e. The van der Waals surface area contributed by atoms with Crippen molar-refractivity contribution in [1.29, 1.82) is 0 Å². The summed E-state index contributed by atoms with van der Waals surface area (Å²) in [7, 11) is 0. The van der Waals surface area contributed by atoms with Gasteiger partial charge in [0.25, 0.3) is 5.69 Å². The first kappa shape index (κ1) is 19.2. The molecule has 10 heteroatoms. The van der Waals surface area contributed by atoms with Crippen molar-refractivity contribution < 1.29 is 23.6 Å². The van der Waals surface area contributed by atoms with Crippen molar-refractivity contribution in [2.45, 2.75) is 19.1 Å². The van der Waals surface area contributed by atoms with Crippen LogP contribution in [0.25, 0.3) is 11.3 Å². The number of carbonyl (C=O) groups excluding carboxylic acids is 1. The van der Waals surface area contributed by atoms with E-state index in [1.807, 2.05) is 0 Å². The summed E-state index contributed by atoms with van der Waals surface area (Å²) in [6.07, 6.45) is 1.32. The smallest absolute Gasteiger partial charge is 0.281 e. The van der Waals surface area contributed by atoms with Gasteiger partial charge in [0.1, 0.15) is 11.5 Å². The minimum atomic E-state index is -0.933. The van der Waals surface area contributed by atoms with Gasteiger partial charge in [-0.15, -0.1) is 0 Å². The molecule has 1 aromatic heterocycles. The van der Waals surface area contributed by atoms with E-state index in [9.17, 15) is 14.9 Å². The number of ether oxygens (including phenoxy) is 2. The highest BCUT2D eigenvalue weighted by molar-refractivity contribution is 9.10. The Balaban J connectivity index is 1.65. The highest BCUT2D eigenvalue weighted by Crippen LogP contribution is 2.33. The summed E-state index contributed by atoms with van der Waals surface area (Å²) in [5.41, 5.74) is 2.63. The quantitative estimate of drug-likeness (QED) is 0.421. The second kappa shape index (κ2) is 7.99. The molecule has 9 nitrogen and oxygen atoms in total. The molecule has 142 valence electrons. The van der Waals surface area contributed by atoms with E-state index in [2.05, 4.69) is 26.5 Å². The molecule has 1 aromatic carbocycles. The molecule has 27 heavy (non-hydrogen) atoms. The number of carbonyl (C=O) groups is 1. The zero-order valence-electron chi connectivity index (χ0n) is 14.3. The number of nitrogens with one attached hydrogen (secondary N) is 1. The van der Waals surface area contributed by atoms with Gasteiger partial charge in [-0.3, -0.25) is 14.9 Å². The van der Waals surface area contributed by atoms with E-state index in [1.165, 1.54) is 12.3 Å². The van der Waals surface area contributed by atoms with Crippen LogP contribution in [-0.2, 0) is 14.3 Å². The van der Waals surface area contributed by atoms with Crippen molar-refractivity contribution in [3.8, 4) is 11.3 Å². The summed E-state index contributed by atoms with van der Waals surface area (Å²) >= 11 is 3.21. The van der Waals surface area contributed by atoms with Crippen LogP contribution in [0.2, 0.25) is 0 Å². The monoisotopic (exact) mass is 437 g/mol. The maximum atomic E-state index is 11.9. The van der Waals surface area contributed by atoms with Crippen molar-refractivity contribution in [3.63, 3.8) is 0 Å². The normalized spacial score (nSPS) is 15.9. The number of hydrogen-bond donors (Lipinski definition) is 1. The standard InChI is InChI=1S/C17H16BrN3O6/c1-17(25-6-7-26-17)9-16(22)20-19-10-12-3-5-15(27-12)13-4-2-11(18)8-14(13)21(23)24/h2-5,8,10H,6-7,9H2,1H3,(H,20,22)/b19-10+. The fraction of sp³-hybridized carbons (Fsp3) is 0.294. The van der Waals surface area contributed by atoms with Crippen LogP contribution < -0.4 is 5.43 Å². The number of amides is 1. The third-order valence-electron chi connectivity index (χ3n) is 3.81. The van der Waals surface area contributed by atoms with E-state index in [-0.39, 0.29) is 18.0 Å². The minimum Gasteiger partial charge on any atom is -0.455 e. The molecule has 0 aliphatic carbocycles. The predicted molar refractivity (Wildman–Crippen MR) is 99.2 cm³/mol. The first-order valence-corrected chi connectivity index (χ1v) is 8.80. The van der Waals surface area contributed by atoms with Gasteiger partial charge < -0.3 is 13.9 Å². The number of nitro benzene ring substituents is 1. The Kier molecular flexibility index (Phi) is 5.68. The van der Waals surface area contributed by atoms with Crippen LogP contribution >= 0.6 is 15.9 Å². The molecule has 0 unspecified atom stereocenters. The van der Waals surface area contributed by atoms with Gasteiger partial charge in [0.15, 0.2) is 5.79 Å². The lowest BCUT2D eigenvalue weighted by Gasteiger charge is -2.20. The van der Waals surface area contributed by atoms with Crippen LogP contribution in [0, 0.1) is 10.1 Å². The highest BCUT2D eigenvalue weighted by Gasteiger charge is 2.33. The number of nitrogens with zero attached hydrogens (tertiary/aromatic N) is 2. The van der Waals surface area contributed by atoms with Gasteiger partial charge in [-0.25, -0.2) is 5.43 Å². The fourth-order valence-corrected chi connectivity index (χ4v) is 2.94. The first-order valence-electron chi connectivity index (χ1n) is 8.00. The van der Waals surface area contributed by atoms with Gasteiger partial charge in [-0.1, -0.05) is 15.9 Å². The Bertz CT molecular complexity index is 889. The number of nitro groups is 1. The Morgan fingerprint density at radius 1 is 1.37 bits per heavy atom. The second-order valence-electron chi connectivity index (χ2n) is 5.92. The summed E-state index contributed by atoms with van der Waals surface area (Å²) in [5, 5.41) is 15.0. The molecular formula is C17H16BrN3O6. The summed E-state index contributed by atoms with van der Waals surface area (Å²) in [5.74, 6) is -0.645. The Morgan fingerprint density at radius 3 is 2.81 bits per heavy atom. The minimum absolute atomic E-state index is 0.0127. The lowest BCUT2D eigenvalue weighted by molar-refractivity contribution is -0.384. The van der Waals surface area contributed by atoms with E-state index in [1.54, 1.807) is 31.2 Å². The van der Waals surface area contributed by atoms with Gasteiger partial charge in [0.2, 0.25) is 5.91 Å². The number of furan rings is 1. The molecule has 0 atom stereocenters. The molecule has 1 aliphatic heterocycles. The zero-order valence-corrected chi connectivity index (χ0v) is 15.9. The van der Waals surface area contributed by atoms with Crippen molar-refractivity contribution >= 4 is 33.7 Å². The van der Waals surface area contributed by atoms with Crippen molar-refractivity contribution in [2.24, 2.45) is 5.10 Å². The molecular weight excluding hydrogens is 422 g/mol. The maximum absolute atomic E-state index is 11.9. The van der Waals surface area contributed by atoms with E-state index in [0.29, 0.717) is 34.8 Å². The van der Waals surface area contributed by atoms with Crippen LogP contribution in [0.15, 0.2) is 44.3 Å². The van der Waals surface area contributed by atoms with Gasteiger partial charge >= 0.3 is 0 Å². The molecule has 1 amide bonds. The third-order valence-corrected chi connectivity index (χ3v) is 4.30. The molecule has 0 bridgehead atoms. The van der Waals surface area contributed by atoms with Crippen LogP contribution in [0.4, 0.5) is 5.69 Å². The fourth-order valence-electron chi connectivity index (χ4n) is 2.59. The molecule has 2 heterocycles. The SMILES string of the molecule is CC1(CC(=O)N/N=C/c2ccc(-c3ccc(Br)cc3[N+](=O)[O-])o2)OCCO1. The summed E-state index contributed by atoms with van der Waals surface area (Å²) in [4.78, 5) is 22.6. The Labute approximate surface area is 162 Å². The van der Waals surface area contributed by atoms with Crippen LogP contribution in [0.5, 0.6) is 0 Å². The van der Waals surface area contributed by atoms with Crippen molar-refractivity contribution in [1.82, 2.24) is 5.43 Å². The molecule has 0 saturated carbocycles. The Hall–Kier alpha value is -2.56.